The summed E-state index contributed by atoms with van der Waals surface area (Å²) in [6.07, 6.45) is 2.42. The number of hydrogen-bond acceptors (Lipinski definition) is 4. The minimum Gasteiger partial charge on any atom is -0.444 e. The average Bonchev–Trinajstić information content (AvgIpc) is 2.65. The Bertz CT molecular complexity index is 327. The van der Waals surface area contributed by atoms with Crippen LogP contribution >= 0.6 is 0 Å². The van der Waals surface area contributed by atoms with Gasteiger partial charge in [0, 0.05) is 19.2 Å². The molecule has 5 nitrogen and oxygen atoms in total. The fourth-order valence-electron chi connectivity index (χ4n) is 2.86. The maximum atomic E-state index is 12.3. The van der Waals surface area contributed by atoms with Crippen molar-refractivity contribution in [3.05, 3.63) is 0 Å². The Labute approximate surface area is 109 Å². The first kappa shape index (κ1) is 13.6. The molecule has 0 bridgehead atoms. The lowest BCUT2D eigenvalue weighted by atomic mass is 9.85. The predicted molar refractivity (Wildman–Crippen MR) is 68.3 cm³/mol. The normalized spacial score (nSPS) is 32.9. The van der Waals surface area contributed by atoms with Gasteiger partial charge in [0.25, 0.3) is 0 Å². The van der Waals surface area contributed by atoms with Crippen LogP contribution in [0.25, 0.3) is 0 Å². The number of ether oxygens (including phenoxy) is 2. The van der Waals surface area contributed by atoms with Gasteiger partial charge < -0.3 is 15.2 Å². The number of rotatable bonds is 0. The number of nitrogens with zero attached hydrogens (tertiary/aromatic N) is 1. The maximum Gasteiger partial charge on any atom is 0.410 e. The lowest BCUT2D eigenvalue weighted by Crippen LogP contribution is -2.64. The minimum atomic E-state index is -0.472. The Morgan fingerprint density at radius 3 is 2.83 bits per heavy atom. The molecule has 0 saturated carbocycles. The Balaban J connectivity index is 2.14. The highest BCUT2D eigenvalue weighted by Gasteiger charge is 2.50. The van der Waals surface area contributed by atoms with Crippen LogP contribution in [0.15, 0.2) is 0 Å². The maximum absolute atomic E-state index is 12.3. The molecule has 18 heavy (non-hydrogen) atoms. The summed E-state index contributed by atoms with van der Waals surface area (Å²) in [7, 11) is 0. The molecule has 5 heteroatoms. The Morgan fingerprint density at radius 2 is 2.22 bits per heavy atom. The molecule has 104 valence electrons. The quantitative estimate of drug-likeness (QED) is 0.713. The molecule has 2 heterocycles. The molecule has 2 saturated heterocycles. The first-order valence-corrected chi connectivity index (χ1v) is 6.69. The molecule has 2 fully saturated rings. The Kier molecular flexibility index (Phi) is 3.56. The minimum absolute atomic E-state index is 0.0127. The van der Waals surface area contributed by atoms with Gasteiger partial charge in [-0.05, 0) is 40.0 Å². The number of carbonyl (C=O) groups excluding carboxylic acids is 1. The molecule has 2 aliphatic rings. The summed E-state index contributed by atoms with van der Waals surface area (Å²) >= 11 is 0. The highest BCUT2D eigenvalue weighted by atomic mass is 16.6. The van der Waals surface area contributed by atoms with Gasteiger partial charge in [-0.15, -0.1) is 0 Å². The smallest absolute Gasteiger partial charge is 0.410 e. The van der Waals surface area contributed by atoms with E-state index in [-0.39, 0.29) is 17.7 Å². The van der Waals surface area contributed by atoms with Crippen molar-refractivity contribution in [2.24, 2.45) is 5.73 Å². The summed E-state index contributed by atoms with van der Waals surface area (Å²) in [4.78, 5) is 14.1. The van der Waals surface area contributed by atoms with Crippen LogP contribution in [0.5, 0.6) is 0 Å². The van der Waals surface area contributed by atoms with Gasteiger partial charge >= 0.3 is 6.09 Å². The van der Waals surface area contributed by atoms with E-state index in [0.717, 1.165) is 19.3 Å². The van der Waals surface area contributed by atoms with Crippen molar-refractivity contribution in [1.82, 2.24) is 4.90 Å². The lowest BCUT2D eigenvalue weighted by molar-refractivity contribution is -0.0531. The van der Waals surface area contributed by atoms with Crippen LogP contribution in [0, 0.1) is 0 Å². The van der Waals surface area contributed by atoms with Gasteiger partial charge in [0.2, 0.25) is 0 Å². The van der Waals surface area contributed by atoms with E-state index in [1.54, 1.807) is 4.90 Å². The summed E-state index contributed by atoms with van der Waals surface area (Å²) in [6.45, 7) is 7.57. The third-order valence-corrected chi connectivity index (χ3v) is 3.76. The molecule has 0 radical (unpaired) electrons. The number of likely N-dealkylation sites (tertiary alicyclic amines) is 1. The fraction of sp³-hybridized carbons (Fsp3) is 0.923. The van der Waals surface area contributed by atoms with E-state index in [9.17, 15) is 4.79 Å². The molecule has 2 rings (SSSR count). The van der Waals surface area contributed by atoms with E-state index in [0.29, 0.717) is 19.8 Å². The molecular formula is C13H24N2O3. The number of hydrogen-bond donors (Lipinski definition) is 1. The van der Waals surface area contributed by atoms with Crippen LogP contribution in [0.3, 0.4) is 0 Å². The SMILES string of the molecule is CC(C)(C)OC(=O)N1CCCC12COCCC2N. The highest BCUT2D eigenvalue weighted by Crippen LogP contribution is 2.36. The van der Waals surface area contributed by atoms with Gasteiger partial charge in [-0.2, -0.15) is 0 Å². The molecule has 0 aliphatic carbocycles. The van der Waals surface area contributed by atoms with Crippen LogP contribution in [0.2, 0.25) is 0 Å². The molecular weight excluding hydrogens is 232 g/mol. The second kappa shape index (κ2) is 4.70. The molecule has 1 spiro atoms. The van der Waals surface area contributed by atoms with Crippen molar-refractivity contribution >= 4 is 6.09 Å². The average molecular weight is 256 g/mol. The molecule has 1 amide bonds. The first-order chi connectivity index (χ1) is 8.35. The van der Waals surface area contributed by atoms with Crippen LogP contribution in [-0.2, 0) is 9.47 Å². The van der Waals surface area contributed by atoms with E-state index < -0.39 is 5.60 Å². The largest absolute Gasteiger partial charge is 0.444 e. The molecule has 0 aromatic rings. The van der Waals surface area contributed by atoms with Gasteiger partial charge in [-0.1, -0.05) is 0 Å². The topological polar surface area (TPSA) is 64.8 Å². The van der Waals surface area contributed by atoms with E-state index in [1.807, 2.05) is 20.8 Å². The van der Waals surface area contributed by atoms with Crippen LogP contribution in [0.1, 0.15) is 40.0 Å². The van der Waals surface area contributed by atoms with E-state index in [4.69, 9.17) is 15.2 Å². The molecule has 2 atom stereocenters. The van der Waals surface area contributed by atoms with Gasteiger partial charge in [-0.3, -0.25) is 4.90 Å². The second-order valence-electron chi connectivity index (χ2n) is 6.29. The van der Waals surface area contributed by atoms with Crippen molar-refractivity contribution in [2.45, 2.75) is 57.2 Å². The molecule has 2 aliphatic heterocycles. The van der Waals surface area contributed by atoms with Crippen molar-refractivity contribution < 1.29 is 14.3 Å². The summed E-state index contributed by atoms with van der Waals surface area (Å²) in [5.41, 5.74) is 5.42. The third-order valence-electron chi connectivity index (χ3n) is 3.76. The monoisotopic (exact) mass is 256 g/mol. The zero-order valence-electron chi connectivity index (χ0n) is 11.6. The molecule has 2 N–H and O–H groups in total. The third kappa shape index (κ3) is 2.47. The Morgan fingerprint density at radius 1 is 1.50 bits per heavy atom. The molecule has 0 aromatic heterocycles. The summed E-state index contributed by atoms with van der Waals surface area (Å²) in [5, 5.41) is 0. The van der Waals surface area contributed by atoms with Crippen molar-refractivity contribution in [1.29, 1.82) is 0 Å². The second-order valence-corrected chi connectivity index (χ2v) is 6.29. The van der Waals surface area contributed by atoms with Gasteiger partial charge in [0.15, 0.2) is 0 Å². The number of amides is 1. The summed E-state index contributed by atoms with van der Waals surface area (Å²) in [6, 6.07) is -0.0127. The van der Waals surface area contributed by atoms with Crippen LogP contribution < -0.4 is 5.73 Å². The summed E-state index contributed by atoms with van der Waals surface area (Å²) in [5.74, 6) is 0. The van der Waals surface area contributed by atoms with E-state index in [2.05, 4.69) is 0 Å². The van der Waals surface area contributed by atoms with E-state index >= 15 is 0 Å². The Hall–Kier alpha value is -0.810. The van der Waals surface area contributed by atoms with Crippen LogP contribution in [0.4, 0.5) is 4.79 Å². The zero-order chi connectivity index (χ0) is 13.4. The fourth-order valence-corrected chi connectivity index (χ4v) is 2.86. The van der Waals surface area contributed by atoms with Crippen molar-refractivity contribution in [2.75, 3.05) is 19.8 Å². The molecule has 0 aromatic carbocycles. The first-order valence-electron chi connectivity index (χ1n) is 6.69. The van der Waals surface area contributed by atoms with E-state index in [1.165, 1.54) is 0 Å². The van der Waals surface area contributed by atoms with Gasteiger partial charge in [0.1, 0.15) is 5.60 Å². The number of carbonyl (C=O) groups is 1. The van der Waals surface area contributed by atoms with Gasteiger partial charge in [-0.25, -0.2) is 4.79 Å². The van der Waals surface area contributed by atoms with Crippen molar-refractivity contribution in [3.63, 3.8) is 0 Å². The van der Waals surface area contributed by atoms with Crippen LogP contribution in [-0.4, -0.2) is 47.9 Å². The zero-order valence-corrected chi connectivity index (χ0v) is 11.6. The van der Waals surface area contributed by atoms with Crippen molar-refractivity contribution in [3.8, 4) is 0 Å². The standard InChI is InChI=1S/C13H24N2O3/c1-12(2,3)18-11(16)15-7-4-6-13(15)9-17-8-5-10(13)14/h10H,4-9,14H2,1-3H3. The number of nitrogens with two attached hydrogens (primary N) is 1. The lowest BCUT2D eigenvalue weighted by Gasteiger charge is -2.45. The summed E-state index contributed by atoms with van der Waals surface area (Å²) < 4.78 is 11.0. The molecule has 2 unspecified atom stereocenters. The highest BCUT2D eigenvalue weighted by molar-refractivity contribution is 5.70. The predicted octanol–water partition coefficient (Wildman–Crippen LogP) is 1.50. The van der Waals surface area contributed by atoms with Gasteiger partial charge in [0.05, 0.1) is 12.1 Å².